The van der Waals surface area contributed by atoms with Crippen molar-refractivity contribution in [2.45, 2.75) is 58.8 Å². The predicted octanol–water partition coefficient (Wildman–Crippen LogP) is 4.07. The molecule has 0 heterocycles. The summed E-state index contributed by atoms with van der Waals surface area (Å²) in [6.07, 6.45) is 7.84. The molecular weight excluding hydrogens is 200 g/mol. The molecule has 14 heavy (non-hydrogen) atoms. The molecule has 0 saturated heterocycles. The molecule has 0 bridgehead atoms. The average Bonchev–Trinajstić information content (AvgIpc) is 2.22. The van der Waals surface area contributed by atoms with Crippen molar-refractivity contribution in [1.29, 1.82) is 0 Å². The van der Waals surface area contributed by atoms with Gasteiger partial charge in [0.05, 0.1) is 5.92 Å². The first-order valence-electron chi connectivity index (χ1n) is 5.58. The Hall–Kier alpha value is -0.240. The summed E-state index contributed by atoms with van der Waals surface area (Å²) in [5, 5.41) is 0. The molecule has 0 fully saturated rings. The summed E-state index contributed by atoms with van der Waals surface area (Å²) in [6.45, 7) is 4.18. The highest BCUT2D eigenvalue weighted by molar-refractivity contribution is 6.13. The largest absolute Gasteiger partial charge is 0.347 e. The summed E-state index contributed by atoms with van der Waals surface area (Å²) >= 11 is 5.04. The molecule has 0 amide bonds. The summed E-state index contributed by atoms with van der Waals surface area (Å²) in [5.74, 6) is -0.279. The third-order valence-electron chi connectivity index (χ3n) is 2.56. The van der Waals surface area contributed by atoms with Crippen LogP contribution in [-0.4, -0.2) is 5.97 Å². The van der Waals surface area contributed by atoms with E-state index in [1.807, 2.05) is 6.92 Å². The third-order valence-corrected chi connectivity index (χ3v) is 2.71. The first-order valence-corrected chi connectivity index (χ1v) is 5.89. The lowest BCUT2D eigenvalue weighted by atomic mass is 9.98. The van der Waals surface area contributed by atoms with Crippen LogP contribution in [0.3, 0.4) is 0 Å². The summed E-state index contributed by atoms with van der Waals surface area (Å²) in [7, 11) is 0. The number of rotatable bonds is 8. The molecule has 0 radical (unpaired) electrons. The highest BCUT2D eigenvalue weighted by Gasteiger charge is 2.16. The molecule has 0 aliphatic carbocycles. The van der Waals surface area contributed by atoms with E-state index in [1.54, 1.807) is 0 Å². The van der Waals surface area contributed by atoms with E-state index >= 15 is 0 Å². The summed E-state index contributed by atoms with van der Waals surface area (Å²) < 4.78 is 4.21. The number of carbonyl (C=O) groups is 1. The molecule has 3 heteroatoms. The highest BCUT2D eigenvalue weighted by Crippen LogP contribution is 2.16. The lowest BCUT2D eigenvalue weighted by molar-refractivity contribution is -0.138. The Kier molecular flexibility index (Phi) is 9.16. The Morgan fingerprint density at radius 3 is 2.36 bits per heavy atom. The van der Waals surface area contributed by atoms with E-state index in [-0.39, 0.29) is 11.9 Å². The van der Waals surface area contributed by atoms with Crippen LogP contribution < -0.4 is 0 Å². The molecule has 0 aromatic rings. The van der Waals surface area contributed by atoms with Crippen molar-refractivity contribution >= 4 is 17.8 Å². The Morgan fingerprint density at radius 1 is 1.21 bits per heavy atom. The fourth-order valence-electron chi connectivity index (χ4n) is 1.55. The van der Waals surface area contributed by atoms with Gasteiger partial charge >= 0.3 is 5.97 Å². The first-order chi connectivity index (χ1) is 6.76. The number of unbranched alkanes of at least 4 members (excludes halogenated alkanes) is 4. The third kappa shape index (κ3) is 6.25. The van der Waals surface area contributed by atoms with Crippen LogP contribution in [0.2, 0.25) is 0 Å². The minimum Gasteiger partial charge on any atom is -0.347 e. The molecule has 0 rings (SSSR count). The van der Waals surface area contributed by atoms with Gasteiger partial charge in [0.1, 0.15) is 11.9 Å². The molecular formula is C11H21ClO2. The Morgan fingerprint density at radius 2 is 1.86 bits per heavy atom. The van der Waals surface area contributed by atoms with Gasteiger partial charge in [0, 0.05) is 0 Å². The van der Waals surface area contributed by atoms with Crippen LogP contribution in [0.15, 0.2) is 0 Å². The van der Waals surface area contributed by atoms with Gasteiger partial charge in [0.2, 0.25) is 0 Å². The molecule has 0 spiro atoms. The van der Waals surface area contributed by atoms with Crippen molar-refractivity contribution in [2.75, 3.05) is 0 Å². The van der Waals surface area contributed by atoms with Gasteiger partial charge in [-0.1, -0.05) is 46.0 Å². The van der Waals surface area contributed by atoms with Crippen molar-refractivity contribution < 1.29 is 9.08 Å². The number of halogens is 1. The maximum Gasteiger partial charge on any atom is 0.327 e. The number of carbonyl (C=O) groups excluding carboxylic acids is 1. The van der Waals surface area contributed by atoms with Gasteiger partial charge in [0.15, 0.2) is 0 Å². The van der Waals surface area contributed by atoms with Crippen molar-refractivity contribution in [3.05, 3.63) is 0 Å². The SMILES string of the molecule is CCCCCCCC(CC)C(=O)OCl. The Bertz CT molecular complexity index is 148. The molecule has 0 aromatic carbocycles. The fraction of sp³-hybridized carbons (Fsp3) is 0.909. The summed E-state index contributed by atoms with van der Waals surface area (Å²) in [4.78, 5) is 11.1. The highest BCUT2D eigenvalue weighted by atomic mass is 35.5. The van der Waals surface area contributed by atoms with Gasteiger partial charge in [-0.15, -0.1) is 0 Å². The molecule has 2 nitrogen and oxygen atoms in total. The van der Waals surface area contributed by atoms with E-state index in [4.69, 9.17) is 11.9 Å². The van der Waals surface area contributed by atoms with Gasteiger partial charge in [-0.05, 0) is 12.8 Å². The lowest BCUT2D eigenvalue weighted by Gasteiger charge is -2.09. The maximum absolute atomic E-state index is 11.1. The van der Waals surface area contributed by atoms with Gasteiger partial charge in [-0.2, -0.15) is 0 Å². The van der Waals surface area contributed by atoms with Crippen LogP contribution in [0.5, 0.6) is 0 Å². The normalized spacial score (nSPS) is 12.5. The van der Waals surface area contributed by atoms with E-state index in [9.17, 15) is 4.79 Å². The molecule has 0 aromatic heterocycles. The number of hydrogen-bond donors (Lipinski definition) is 0. The standard InChI is InChI=1S/C11H21ClO2/c1-3-5-6-7-8-9-10(4-2)11(13)14-12/h10H,3-9H2,1-2H3. The van der Waals surface area contributed by atoms with Crippen LogP contribution in [0, 0.1) is 5.92 Å². The van der Waals surface area contributed by atoms with Crippen molar-refractivity contribution in [1.82, 2.24) is 0 Å². The van der Waals surface area contributed by atoms with Crippen LogP contribution in [0.1, 0.15) is 58.8 Å². The first kappa shape index (κ1) is 13.8. The van der Waals surface area contributed by atoms with Crippen molar-refractivity contribution in [2.24, 2.45) is 5.92 Å². The smallest absolute Gasteiger partial charge is 0.327 e. The minimum atomic E-state index is -0.273. The molecule has 0 aliphatic rings. The second-order valence-electron chi connectivity index (χ2n) is 3.70. The lowest BCUT2D eigenvalue weighted by Crippen LogP contribution is -2.13. The van der Waals surface area contributed by atoms with E-state index in [0.29, 0.717) is 0 Å². The molecule has 84 valence electrons. The molecule has 0 N–H and O–H groups in total. The molecule has 1 atom stereocenters. The van der Waals surface area contributed by atoms with Gasteiger partial charge in [0.25, 0.3) is 0 Å². The Balaban J connectivity index is 3.48. The van der Waals surface area contributed by atoms with Crippen LogP contribution in [0.4, 0.5) is 0 Å². The van der Waals surface area contributed by atoms with Crippen LogP contribution in [-0.2, 0) is 9.08 Å². The number of hydrogen-bond acceptors (Lipinski definition) is 2. The second-order valence-corrected chi connectivity index (χ2v) is 3.86. The van der Waals surface area contributed by atoms with Gasteiger partial charge in [-0.3, -0.25) is 4.79 Å². The predicted molar refractivity (Wildman–Crippen MR) is 59.1 cm³/mol. The maximum atomic E-state index is 11.1. The summed E-state index contributed by atoms with van der Waals surface area (Å²) in [5.41, 5.74) is 0. The summed E-state index contributed by atoms with van der Waals surface area (Å²) in [6, 6.07) is 0. The quantitative estimate of drug-likeness (QED) is 0.577. The monoisotopic (exact) mass is 220 g/mol. The zero-order chi connectivity index (χ0) is 10.8. The van der Waals surface area contributed by atoms with E-state index in [0.717, 1.165) is 19.3 Å². The minimum absolute atomic E-state index is 0.00544. The van der Waals surface area contributed by atoms with E-state index in [2.05, 4.69) is 11.2 Å². The van der Waals surface area contributed by atoms with Gasteiger partial charge in [-0.25, -0.2) is 0 Å². The van der Waals surface area contributed by atoms with Crippen molar-refractivity contribution in [3.8, 4) is 0 Å². The second kappa shape index (κ2) is 9.32. The molecule has 0 aliphatic heterocycles. The zero-order valence-electron chi connectivity index (χ0n) is 9.22. The van der Waals surface area contributed by atoms with Crippen LogP contribution in [0.25, 0.3) is 0 Å². The topological polar surface area (TPSA) is 26.3 Å². The van der Waals surface area contributed by atoms with Crippen LogP contribution >= 0.6 is 11.9 Å². The molecule has 1 unspecified atom stereocenters. The van der Waals surface area contributed by atoms with Crippen molar-refractivity contribution in [3.63, 3.8) is 0 Å². The Labute approximate surface area is 92.1 Å². The van der Waals surface area contributed by atoms with E-state index < -0.39 is 0 Å². The zero-order valence-corrected chi connectivity index (χ0v) is 9.98. The van der Waals surface area contributed by atoms with Gasteiger partial charge < -0.3 is 4.29 Å². The van der Waals surface area contributed by atoms with E-state index in [1.165, 1.54) is 25.7 Å². The molecule has 0 saturated carbocycles. The fourth-order valence-corrected chi connectivity index (χ4v) is 1.67. The average molecular weight is 221 g/mol.